The Labute approximate surface area is 99.2 Å². The van der Waals surface area contributed by atoms with Crippen molar-refractivity contribution in [3.05, 3.63) is 53.1 Å². The molecule has 0 aliphatic rings. The van der Waals surface area contributed by atoms with E-state index in [-0.39, 0.29) is 11.9 Å². The molecule has 0 aliphatic heterocycles. The smallest absolute Gasteiger partial charge is 0.126 e. The van der Waals surface area contributed by atoms with Crippen molar-refractivity contribution < 1.29 is 4.39 Å². The van der Waals surface area contributed by atoms with Gasteiger partial charge in [0.1, 0.15) is 5.82 Å². The molecular weight excluding hydrogens is 219 g/mol. The summed E-state index contributed by atoms with van der Waals surface area (Å²) in [6.45, 7) is 1.73. The summed E-state index contributed by atoms with van der Waals surface area (Å²) in [6, 6.07) is 6.64. The predicted molar refractivity (Wildman–Crippen MR) is 63.5 cm³/mol. The molecule has 5 heteroatoms. The fraction of sp³-hybridized carbons (Fsp3) is 0.250. The standard InChI is InChI=1S/C12H15FN4/c1-8-7-9(3-4-10(8)13)12(16-14)11-5-6-15-17(11)2/h3-7,12,16H,14H2,1-2H3. The van der Waals surface area contributed by atoms with E-state index in [1.165, 1.54) is 6.07 Å². The van der Waals surface area contributed by atoms with Crippen LogP contribution in [0.3, 0.4) is 0 Å². The van der Waals surface area contributed by atoms with Crippen LogP contribution in [0.2, 0.25) is 0 Å². The van der Waals surface area contributed by atoms with E-state index >= 15 is 0 Å². The minimum absolute atomic E-state index is 0.193. The van der Waals surface area contributed by atoms with Crippen LogP contribution >= 0.6 is 0 Å². The highest BCUT2D eigenvalue weighted by atomic mass is 19.1. The molecule has 1 atom stereocenters. The first-order chi connectivity index (χ1) is 8.13. The summed E-state index contributed by atoms with van der Waals surface area (Å²) in [5.74, 6) is 5.35. The van der Waals surface area contributed by atoms with Crippen LogP contribution in [0.1, 0.15) is 22.9 Å². The van der Waals surface area contributed by atoms with Gasteiger partial charge in [-0.15, -0.1) is 0 Å². The number of halogens is 1. The van der Waals surface area contributed by atoms with Gasteiger partial charge in [-0.25, -0.2) is 9.82 Å². The Kier molecular flexibility index (Phi) is 3.21. The van der Waals surface area contributed by atoms with E-state index in [0.29, 0.717) is 5.56 Å². The Bertz CT molecular complexity index is 521. The molecule has 1 aromatic carbocycles. The molecule has 1 heterocycles. The molecule has 3 N–H and O–H groups in total. The van der Waals surface area contributed by atoms with Crippen molar-refractivity contribution in [3.63, 3.8) is 0 Å². The zero-order valence-electron chi connectivity index (χ0n) is 9.81. The van der Waals surface area contributed by atoms with Gasteiger partial charge in [-0.3, -0.25) is 10.5 Å². The van der Waals surface area contributed by atoms with Crippen molar-refractivity contribution in [1.82, 2.24) is 15.2 Å². The molecule has 2 aromatic rings. The largest absolute Gasteiger partial charge is 0.271 e. The van der Waals surface area contributed by atoms with Gasteiger partial charge >= 0.3 is 0 Å². The third kappa shape index (κ3) is 2.20. The van der Waals surface area contributed by atoms with Crippen LogP contribution < -0.4 is 11.3 Å². The van der Waals surface area contributed by atoms with Gasteiger partial charge in [0, 0.05) is 13.2 Å². The lowest BCUT2D eigenvalue weighted by atomic mass is 10.0. The van der Waals surface area contributed by atoms with Crippen LogP contribution in [0.4, 0.5) is 4.39 Å². The number of aromatic nitrogens is 2. The van der Waals surface area contributed by atoms with Crippen molar-refractivity contribution in [2.45, 2.75) is 13.0 Å². The molecule has 1 unspecified atom stereocenters. The molecule has 0 spiro atoms. The monoisotopic (exact) mass is 234 g/mol. The molecule has 0 saturated heterocycles. The summed E-state index contributed by atoms with van der Waals surface area (Å²) in [5.41, 5.74) is 5.17. The number of hydrazine groups is 1. The molecule has 0 aliphatic carbocycles. The summed E-state index contributed by atoms with van der Waals surface area (Å²) in [4.78, 5) is 0. The van der Waals surface area contributed by atoms with Gasteiger partial charge in [-0.2, -0.15) is 5.10 Å². The van der Waals surface area contributed by atoms with Gasteiger partial charge in [0.25, 0.3) is 0 Å². The first-order valence-electron chi connectivity index (χ1n) is 5.33. The maximum Gasteiger partial charge on any atom is 0.126 e. The fourth-order valence-corrected chi connectivity index (χ4v) is 1.87. The Morgan fingerprint density at radius 1 is 1.41 bits per heavy atom. The Morgan fingerprint density at radius 3 is 2.71 bits per heavy atom. The predicted octanol–water partition coefficient (Wildman–Crippen LogP) is 1.42. The first-order valence-corrected chi connectivity index (χ1v) is 5.33. The van der Waals surface area contributed by atoms with E-state index in [0.717, 1.165) is 11.3 Å². The van der Waals surface area contributed by atoms with Gasteiger partial charge in [-0.1, -0.05) is 12.1 Å². The van der Waals surface area contributed by atoms with Gasteiger partial charge in [0.2, 0.25) is 0 Å². The van der Waals surface area contributed by atoms with Crippen LogP contribution in [-0.2, 0) is 7.05 Å². The molecule has 0 saturated carbocycles. The molecule has 2 rings (SSSR count). The molecule has 0 bridgehead atoms. The highest BCUT2D eigenvalue weighted by Gasteiger charge is 2.16. The van der Waals surface area contributed by atoms with Gasteiger partial charge in [0.15, 0.2) is 0 Å². The van der Waals surface area contributed by atoms with E-state index in [9.17, 15) is 4.39 Å². The van der Waals surface area contributed by atoms with Crippen LogP contribution in [0.25, 0.3) is 0 Å². The number of hydrogen-bond donors (Lipinski definition) is 2. The quantitative estimate of drug-likeness (QED) is 0.624. The van der Waals surface area contributed by atoms with E-state index in [1.54, 1.807) is 29.9 Å². The lowest BCUT2D eigenvalue weighted by Gasteiger charge is -2.17. The Morgan fingerprint density at radius 2 is 2.18 bits per heavy atom. The molecule has 0 radical (unpaired) electrons. The van der Waals surface area contributed by atoms with Crippen molar-refractivity contribution in [3.8, 4) is 0 Å². The second kappa shape index (κ2) is 4.65. The van der Waals surface area contributed by atoms with E-state index < -0.39 is 0 Å². The number of benzene rings is 1. The van der Waals surface area contributed by atoms with Gasteiger partial charge in [-0.05, 0) is 30.2 Å². The minimum Gasteiger partial charge on any atom is -0.271 e. The Balaban J connectivity index is 2.42. The summed E-state index contributed by atoms with van der Waals surface area (Å²) < 4.78 is 15.0. The van der Waals surface area contributed by atoms with Crippen LogP contribution in [0.15, 0.2) is 30.5 Å². The molecule has 17 heavy (non-hydrogen) atoms. The summed E-state index contributed by atoms with van der Waals surface area (Å²) >= 11 is 0. The maximum atomic E-state index is 13.2. The normalized spacial score (nSPS) is 12.7. The average molecular weight is 234 g/mol. The van der Waals surface area contributed by atoms with Gasteiger partial charge in [0.05, 0.1) is 11.7 Å². The highest BCUT2D eigenvalue weighted by Crippen LogP contribution is 2.22. The SMILES string of the molecule is Cc1cc(C(NN)c2ccnn2C)ccc1F. The number of nitrogens with one attached hydrogen (secondary N) is 1. The summed E-state index contributed by atoms with van der Waals surface area (Å²) in [7, 11) is 1.84. The fourth-order valence-electron chi connectivity index (χ4n) is 1.87. The lowest BCUT2D eigenvalue weighted by molar-refractivity contribution is 0.570. The van der Waals surface area contributed by atoms with Gasteiger partial charge < -0.3 is 0 Å². The number of nitrogens with two attached hydrogens (primary N) is 1. The van der Waals surface area contributed by atoms with Crippen LogP contribution in [-0.4, -0.2) is 9.78 Å². The summed E-state index contributed by atoms with van der Waals surface area (Å²) in [5, 5.41) is 4.10. The second-order valence-electron chi connectivity index (χ2n) is 3.99. The number of aryl methyl sites for hydroxylation is 2. The second-order valence-corrected chi connectivity index (χ2v) is 3.99. The highest BCUT2D eigenvalue weighted by molar-refractivity contribution is 5.31. The molecular formula is C12H15FN4. The van der Waals surface area contributed by atoms with Crippen molar-refractivity contribution in [2.24, 2.45) is 12.9 Å². The van der Waals surface area contributed by atoms with E-state index in [2.05, 4.69) is 10.5 Å². The summed E-state index contributed by atoms with van der Waals surface area (Å²) in [6.07, 6.45) is 1.70. The Hall–Kier alpha value is -1.72. The number of nitrogens with zero attached hydrogens (tertiary/aromatic N) is 2. The molecule has 0 fully saturated rings. The molecule has 0 amide bonds. The third-order valence-electron chi connectivity index (χ3n) is 2.84. The average Bonchev–Trinajstić information content (AvgIpc) is 2.71. The van der Waals surface area contributed by atoms with E-state index in [1.807, 2.05) is 13.1 Å². The van der Waals surface area contributed by atoms with Crippen LogP contribution in [0, 0.1) is 12.7 Å². The molecule has 4 nitrogen and oxygen atoms in total. The molecule has 1 aromatic heterocycles. The molecule has 90 valence electrons. The topological polar surface area (TPSA) is 55.9 Å². The van der Waals surface area contributed by atoms with Crippen molar-refractivity contribution in [2.75, 3.05) is 0 Å². The third-order valence-corrected chi connectivity index (χ3v) is 2.84. The number of rotatable bonds is 3. The van der Waals surface area contributed by atoms with E-state index in [4.69, 9.17) is 5.84 Å². The minimum atomic E-state index is -0.213. The lowest BCUT2D eigenvalue weighted by Crippen LogP contribution is -2.30. The van der Waals surface area contributed by atoms with Crippen LogP contribution in [0.5, 0.6) is 0 Å². The zero-order chi connectivity index (χ0) is 12.4. The number of hydrogen-bond acceptors (Lipinski definition) is 3. The van der Waals surface area contributed by atoms with Crippen molar-refractivity contribution in [1.29, 1.82) is 0 Å². The van der Waals surface area contributed by atoms with Crippen molar-refractivity contribution >= 4 is 0 Å². The maximum absolute atomic E-state index is 13.2. The zero-order valence-corrected chi connectivity index (χ0v) is 9.81. The first kappa shape index (κ1) is 11.8.